The lowest BCUT2D eigenvalue weighted by atomic mass is 10.1. The van der Waals surface area contributed by atoms with Crippen LogP contribution >= 0.6 is 11.3 Å². The van der Waals surface area contributed by atoms with E-state index in [1.165, 1.54) is 24.3 Å². The molecule has 2 nitrogen and oxygen atoms in total. The van der Waals surface area contributed by atoms with Crippen LogP contribution < -0.4 is 0 Å². The Morgan fingerprint density at radius 1 is 1.47 bits per heavy atom. The molecule has 1 aliphatic carbocycles. The van der Waals surface area contributed by atoms with Crippen LogP contribution in [0.4, 0.5) is 0 Å². The van der Waals surface area contributed by atoms with Gasteiger partial charge in [0.1, 0.15) is 0 Å². The van der Waals surface area contributed by atoms with Crippen LogP contribution in [0.2, 0.25) is 0 Å². The first kappa shape index (κ1) is 11.1. The number of aliphatic hydroxyl groups excluding tert-OH is 1. The Kier molecular flexibility index (Phi) is 3.12. The quantitative estimate of drug-likeness (QED) is 0.836. The molecule has 1 heterocycles. The molecule has 3 unspecified atom stereocenters. The van der Waals surface area contributed by atoms with Gasteiger partial charge in [-0.3, -0.25) is 0 Å². The van der Waals surface area contributed by atoms with Crippen LogP contribution in [-0.4, -0.2) is 10.1 Å². The summed E-state index contributed by atoms with van der Waals surface area (Å²) in [5.41, 5.74) is 1.02. The second kappa shape index (κ2) is 4.22. The van der Waals surface area contributed by atoms with Crippen LogP contribution in [0.1, 0.15) is 60.7 Å². The predicted molar refractivity (Wildman–Crippen MR) is 63.2 cm³/mol. The van der Waals surface area contributed by atoms with Crippen molar-refractivity contribution in [3.8, 4) is 0 Å². The van der Waals surface area contributed by atoms with Crippen molar-refractivity contribution >= 4 is 11.3 Å². The first-order valence-electron chi connectivity index (χ1n) is 5.73. The van der Waals surface area contributed by atoms with Gasteiger partial charge in [-0.2, -0.15) is 0 Å². The number of hydrogen-bond donors (Lipinski definition) is 1. The molecule has 0 bridgehead atoms. The lowest BCUT2D eigenvalue weighted by Crippen LogP contribution is -1.92. The van der Waals surface area contributed by atoms with Gasteiger partial charge in [0.05, 0.1) is 21.7 Å². The molecule has 0 spiro atoms. The van der Waals surface area contributed by atoms with Crippen molar-refractivity contribution in [2.24, 2.45) is 5.92 Å². The number of nitrogens with zero attached hydrogens (tertiary/aromatic N) is 1. The van der Waals surface area contributed by atoms with Crippen LogP contribution in [0.25, 0.3) is 0 Å². The second-order valence-corrected chi connectivity index (χ2v) is 5.86. The summed E-state index contributed by atoms with van der Waals surface area (Å²) in [5.74, 6) is 1.49. The first-order valence-corrected chi connectivity index (χ1v) is 6.55. The fourth-order valence-corrected chi connectivity index (χ4v) is 3.58. The van der Waals surface area contributed by atoms with Crippen molar-refractivity contribution in [2.75, 3.05) is 0 Å². The van der Waals surface area contributed by atoms with Crippen LogP contribution in [0.15, 0.2) is 0 Å². The SMILES string of the molecule is Cc1nc(C2CCC(C)C2)sc1C(C)O. The Morgan fingerprint density at radius 3 is 2.67 bits per heavy atom. The van der Waals surface area contributed by atoms with Crippen LogP contribution in [0.5, 0.6) is 0 Å². The third kappa shape index (κ3) is 2.23. The monoisotopic (exact) mass is 225 g/mol. The van der Waals surface area contributed by atoms with Gasteiger partial charge in [-0.1, -0.05) is 13.3 Å². The number of rotatable bonds is 2. The van der Waals surface area contributed by atoms with E-state index in [9.17, 15) is 5.11 Å². The third-order valence-corrected chi connectivity index (χ3v) is 4.76. The van der Waals surface area contributed by atoms with Gasteiger partial charge in [-0.25, -0.2) is 4.98 Å². The average molecular weight is 225 g/mol. The van der Waals surface area contributed by atoms with Crippen LogP contribution in [0, 0.1) is 12.8 Å². The van der Waals surface area contributed by atoms with Gasteiger partial charge in [-0.05, 0) is 32.6 Å². The summed E-state index contributed by atoms with van der Waals surface area (Å²) in [4.78, 5) is 5.65. The maximum Gasteiger partial charge on any atom is 0.0963 e. The summed E-state index contributed by atoms with van der Waals surface area (Å²) in [7, 11) is 0. The van der Waals surface area contributed by atoms with E-state index in [0.29, 0.717) is 5.92 Å². The molecule has 1 N–H and O–H groups in total. The number of aromatic nitrogens is 1. The molecular weight excluding hydrogens is 206 g/mol. The summed E-state index contributed by atoms with van der Waals surface area (Å²) in [6, 6.07) is 0. The van der Waals surface area contributed by atoms with Gasteiger partial charge >= 0.3 is 0 Å². The van der Waals surface area contributed by atoms with Gasteiger partial charge in [0, 0.05) is 5.92 Å². The van der Waals surface area contributed by atoms with E-state index in [0.717, 1.165) is 16.5 Å². The normalized spacial score (nSPS) is 28.3. The average Bonchev–Trinajstić information content (AvgIpc) is 2.71. The molecule has 15 heavy (non-hydrogen) atoms. The molecular formula is C12H19NOS. The van der Waals surface area contributed by atoms with Gasteiger partial charge in [0.15, 0.2) is 0 Å². The van der Waals surface area contributed by atoms with E-state index >= 15 is 0 Å². The van der Waals surface area contributed by atoms with E-state index < -0.39 is 0 Å². The van der Waals surface area contributed by atoms with E-state index in [-0.39, 0.29) is 6.10 Å². The Morgan fingerprint density at radius 2 is 2.20 bits per heavy atom. The first-order chi connectivity index (χ1) is 7.08. The minimum Gasteiger partial charge on any atom is -0.388 e. The van der Waals surface area contributed by atoms with Crippen molar-refractivity contribution in [3.63, 3.8) is 0 Å². The molecule has 0 saturated heterocycles. The van der Waals surface area contributed by atoms with Gasteiger partial charge in [0.25, 0.3) is 0 Å². The van der Waals surface area contributed by atoms with Crippen molar-refractivity contribution < 1.29 is 5.11 Å². The minimum absolute atomic E-state index is 0.366. The van der Waals surface area contributed by atoms with E-state index in [2.05, 4.69) is 11.9 Å². The highest BCUT2D eigenvalue weighted by molar-refractivity contribution is 7.11. The summed E-state index contributed by atoms with van der Waals surface area (Å²) in [6.45, 7) is 6.14. The maximum atomic E-state index is 9.58. The number of aliphatic hydroxyl groups is 1. The van der Waals surface area contributed by atoms with Crippen molar-refractivity contribution in [3.05, 3.63) is 15.6 Å². The highest BCUT2D eigenvalue weighted by Crippen LogP contribution is 2.41. The molecule has 3 heteroatoms. The Bertz CT molecular complexity index is 345. The number of thiazole rings is 1. The van der Waals surface area contributed by atoms with Crippen molar-refractivity contribution in [2.45, 2.75) is 52.1 Å². The van der Waals surface area contributed by atoms with Crippen molar-refractivity contribution in [1.29, 1.82) is 0 Å². The molecule has 1 aromatic rings. The Labute approximate surface area is 95.4 Å². The van der Waals surface area contributed by atoms with Gasteiger partial charge in [-0.15, -0.1) is 11.3 Å². The molecule has 3 atom stereocenters. The van der Waals surface area contributed by atoms with E-state index in [1.807, 2.05) is 13.8 Å². The topological polar surface area (TPSA) is 33.1 Å². The fraction of sp³-hybridized carbons (Fsp3) is 0.750. The molecule has 1 aromatic heterocycles. The van der Waals surface area contributed by atoms with Crippen LogP contribution in [0.3, 0.4) is 0 Å². The zero-order chi connectivity index (χ0) is 11.0. The minimum atomic E-state index is -0.366. The highest BCUT2D eigenvalue weighted by atomic mass is 32.1. The molecule has 2 rings (SSSR count). The maximum absolute atomic E-state index is 9.58. The Hall–Kier alpha value is -0.410. The second-order valence-electron chi connectivity index (χ2n) is 4.79. The summed E-state index contributed by atoms with van der Waals surface area (Å²) >= 11 is 1.71. The zero-order valence-corrected chi connectivity index (χ0v) is 10.5. The van der Waals surface area contributed by atoms with E-state index in [4.69, 9.17) is 0 Å². The molecule has 0 aromatic carbocycles. The van der Waals surface area contributed by atoms with E-state index in [1.54, 1.807) is 11.3 Å². The molecule has 0 amide bonds. The smallest absolute Gasteiger partial charge is 0.0963 e. The van der Waals surface area contributed by atoms with Gasteiger partial charge < -0.3 is 5.11 Å². The highest BCUT2D eigenvalue weighted by Gasteiger charge is 2.26. The lowest BCUT2D eigenvalue weighted by molar-refractivity contribution is 0.202. The summed E-state index contributed by atoms with van der Waals surface area (Å²) < 4.78 is 0. The number of hydrogen-bond acceptors (Lipinski definition) is 3. The van der Waals surface area contributed by atoms with Crippen LogP contribution in [-0.2, 0) is 0 Å². The van der Waals surface area contributed by atoms with Gasteiger partial charge in [0.2, 0.25) is 0 Å². The lowest BCUT2D eigenvalue weighted by Gasteiger charge is -2.04. The predicted octanol–water partition coefficient (Wildman–Crippen LogP) is 3.41. The molecule has 0 aliphatic heterocycles. The fourth-order valence-electron chi connectivity index (χ4n) is 2.42. The third-order valence-electron chi connectivity index (χ3n) is 3.27. The molecule has 1 saturated carbocycles. The molecule has 84 valence electrons. The molecule has 1 aliphatic rings. The molecule has 0 radical (unpaired) electrons. The molecule has 1 fully saturated rings. The van der Waals surface area contributed by atoms with Crippen molar-refractivity contribution in [1.82, 2.24) is 4.98 Å². The standard InChI is InChI=1S/C12H19NOS/c1-7-4-5-10(6-7)12-13-8(2)11(15-12)9(3)14/h7,9-10,14H,4-6H2,1-3H3. The largest absolute Gasteiger partial charge is 0.388 e. The summed E-state index contributed by atoms with van der Waals surface area (Å²) in [6.07, 6.45) is 3.50. The number of aryl methyl sites for hydroxylation is 1. The zero-order valence-electron chi connectivity index (χ0n) is 9.66. The Balaban J connectivity index is 2.19. The summed E-state index contributed by atoms with van der Waals surface area (Å²) in [5, 5.41) is 10.8.